The number of hydrogen-bond acceptors (Lipinski definition) is 4. The molecule has 0 saturated heterocycles. The summed E-state index contributed by atoms with van der Waals surface area (Å²) >= 11 is 3.26. The Morgan fingerprint density at radius 2 is 2.33 bits per heavy atom. The Kier molecular flexibility index (Phi) is 5.57. The Hall–Kier alpha value is -1.63. The average molecular weight is 315 g/mol. The van der Waals surface area contributed by atoms with Gasteiger partial charge in [0.05, 0.1) is 12.1 Å². The van der Waals surface area contributed by atoms with E-state index >= 15 is 0 Å². The molecule has 1 amide bonds. The van der Waals surface area contributed by atoms with Crippen LogP contribution in [-0.2, 0) is 0 Å². The van der Waals surface area contributed by atoms with Gasteiger partial charge in [-0.2, -0.15) is 0 Å². The molecule has 18 heavy (non-hydrogen) atoms. The van der Waals surface area contributed by atoms with Crippen molar-refractivity contribution in [3.63, 3.8) is 0 Å². The van der Waals surface area contributed by atoms with Crippen LogP contribution in [0, 0.1) is 0 Å². The van der Waals surface area contributed by atoms with Gasteiger partial charge in [-0.15, -0.1) is 0 Å². The van der Waals surface area contributed by atoms with Gasteiger partial charge < -0.3 is 15.8 Å². The van der Waals surface area contributed by atoms with Crippen LogP contribution in [0.5, 0.6) is 0 Å². The van der Waals surface area contributed by atoms with Crippen molar-refractivity contribution in [2.24, 2.45) is 10.9 Å². The van der Waals surface area contributed by atoms with Crippen LogP contribution >= 0.6 is 15.9 Å². The van der Waals surface area contributed by atoms with Gasteiger partial charge in [0, 0.05) is 23.4 Å². The SMILES string of the molecule is CCCN(CC(N)=NO)C(=O)c1cncc(Br)c1. The second-order valence-electron chi connectivity index (χ2n) is 3.71. The van der Waals surface area contributed by atoms with E-state index in [0.29, 0.717) is 12.1 Å². The van der Waals surface area contributed by atoms with Crippen LogP contribution < -0.4 is 5.73 Å². The van der Waals surface area contributed by atoms with Crippen molar-refractivity contribution in [2.45, 2.75) is 13.3 Å². The normalized spacial score (nSPS) is 11.3. The average Bonchev–Trinajstić information content (AvgIpc) is 2.37. The molecule has 7 heteroatoms. The number of pyridine rings is 1. The number of carbonyl (C=O) groups excluding carboxylic acids is 1. The smallest absolute Gasteiger partial charge is 0.255 e. The number of oxime groups is 1. The Balaban J connectivity index is 2.88. The highest BCUT2D eigenvalue weighted by Crippen LogP contribution is 2.12. The van der Waals surface area contributed by atoms with E-state index in [4.69, 9.17) is 10.9 Å². The lowest BCUT2D eigenvalue weighted by Gasteiger charge is -2.21. The fourth-order valence-corrected chi connectivity index (χ4v) is 1.83. The standard InChI is InChI=1S/C11H15BrN4O2/c1-2-3-16(7-10(13)15-18)11(17)8-4-9(12)6-14-5-8/h4-6,18H,2-3,7H2,1H3,(H2,13,15). The fourth-order valence-electron chi connectivity index (χ4n) is 1.46. The Morgan fingerprint density at radius 3 is 2.89 bits per heavy atom. The Bertz CT molecular complexity index is 450. The van der Waals surface area contributed by atoms with E-state index in [1.807, 2.05) is 6.92 Å². The minimum absolute atomic E-state index is 0.000226. The zero-order valence-electron chi connectivity index (χ0n) is 10.0. The first-order chi connectivity index (χ1) is 8.58. The van der Waals surface area contributed by atoms with E-state index in [1.165, 1.54) is 11.1 Å². The van der Waals surface area contributed by atoms with Crippen molar-refractivity contribution in [1.82, 2.24) is 9.88 Å². The molecule has 0 atom stereocenters. The molecule has 0 aliphatic rings. The number of rotatable bonds is 5. The van der Waals surface area contributed by atoms with Crippen LogP contribution in [0.15, 0.2) is 28.1 Å². The summed E-state index contributed by atoms with van der Waals surface area (Å²) in [5, 5.41) is 11.4. The number of nitrogens with zero attached hydrogens (tertiary/aromatic N) is 3. The predicted molar refractivity (Wildman–Crippen MR) is 71.5 cm³/mol. The van der Waals surface area contributed by atoms with Crippen LogP contribution in [0.25, 0.3) is 0 Å². The van der Waals surface area contributed by atoms with Crippen molar-refractivity contribution in [1.29, 1.82) is 0 Å². The molecule has 0 aliphatic carbocycles. The van der Waals surface area contributed by atoms with Gasteiger partial charge in [0.2, 0.25) is 0 Å². The third kappa shape index (κ3) is 3.99. The van der Waals surface area contributed by atoms with Crippen LogP contribution in [0.2, 0.25) is 0 Å². The molecule has 0 unspecified atom stereocenters. The van der Waals surface area contributed by atoms with Gasteiger partial charge in [-0.05, 0) is 28.4 Å². The maximum Gasteiger partial charge on any atom is 0.255 e. The zero-order valence-corrected chi connectivity index (χ0v) is 11.6. The van der Waals surface area contributed by atoms with Crippen LogP contribution in [0.4, 0.5) is 0 Å². The Labute approximate surface area is 114 Å². The van der Waals surface area contributed by atoms with Gasteiger partial charge in [0.25, 0.3) is 5.91 Å². The molecule has 6 nitrogen and oxygen atoms in total. The van der Waals surface area contributed by atoms with Crippen LogP contribution in [-0.4, -0.2) is 39.9 Å². The van der Waals surface area contributed by atoms with Gasteiger partial charge in [-0.3, -0.25) is 9.78 Å². The summed E-state index contributed by atoms with van der Waals surface area (Å²) in [6.07, 6.45) is 3.87. The topological polar surface area (TPSA) is 91.8 Å². The van der Waals surface area contributed by atoms with Crippen molar-refractivity contribution < 1.29 is 10.0 Å². The van der Waals surface area contributed by atoms with E-state index in [-0.39, 0.29) is 18.3 Å². The quantitative estimate of drug-likeness (QED) is 0.372. The second kappa shape index (κ2) is 6.95. The molecular formula is C11H15BrN4O2. The third-order valence-corrected chi connectivity index (χ3v) is 2.65. The maximum atomic E-state index is 12.2. The molecule has 0 aromatic carbocycles. The number of amidine groups is 1. The molecule has 0 spiro atoms. The van der Waals surface area contributed by atoms with E-state index in [0.717, 1.165) is 10.9 Å². The molecule has 1 rings (SSSR count). The molecule has 0 aliphatic heterocycles. The number of hydrogen-bond donors (Lipinski definition) is 2. The Morgan fingerprint density at radius 1 is 1.61 bits per heavy atom. The summed E-state index contributed by atoms with van der Waals surface area (Å²) in [5.74, 6) is -0.197. The second-order valence-corrected chi connectivity index (χ2v) is 4.63. The van der Waals surface area contributed by atoms with Gasteiger partial charge in [0.1, 0.15) is 0 Å². The molecule has 3 N–H and O–H groups in total. The molecule has 98 valence electrons. The first kappa shape index (κ1) is 14.4. The van der Waals surface area contributed by atoms with Gasteiger partial charge >= 0.3 is 0 Å². The molecular weight excluding hydrogens is 300 g/mol. The summed E-state index contributed by atoms with van der Waals surface area (Å²) < 4.78 is 0.730. The summed E-state index contributed by atoms with van der Waals surface area (Å²) in [6.45, 7) is 2.57. The molecule has 1 aromatic heterocycles. The van der Waals surface area contributed by atoms with E-state index in [1.54, 1.807) is 12.3 Å². The van der Waals surface area contributed by atoms with E-state index in [9.17, 15) is 4.79 Å². The minimum atomic E-state index is -0.197. The number of nitrogens with two attached hydrogens (primary N) is 1. The first-order valence-electron chi connectivity index (χ1n) is 5.44. The molecule has 1 aromatic rings. The fraction of sp³-hybridized carbons (Fsp3) is 0.364. The van der Waals surface area contributed by atoms with E-state index in [2.05, 4.69) is 26.1 Å². The molecule has 0 radical (unpaired) electrons. The summed E-state index contributed by atoms with van der Waals surface area (Å²) in [4.78, 5) is 17.7. The van der Waals surface area contributed by atoms with Crippen molar-refractivity contribution in [3.05, 3.63) is 28.5 Å². The van der Waals surface area contributed by atoms with Gasteiger partial charge in [-0.25, -0.2) is 0 Å². The lowest BCUT2D eigenvalue weighted by atomic mass is 10.2. The lowest BCUT2D eigenvalue weighted by Crippen LogP contribution is -2.39. The largest absolute Gasteiger partial charge is 0.409 e. The maximum absolute atomic E-state index is 12.2. The van der Waals surface area contributed by atoms with Crippen molar-refractivity contribution in [2.75, 3.05) is 13.1 Å². The number of carbonyl (C=O) groups is 1. The van der Waals surface area contributed by atoms with Crippen molar-refractivity contribution in [3.8, 4) is 0 Å². The van der Waals surface area contributed by atoms with Crippen molar-refractivity contribution >= 4 is 27.7 Å². The molecule has 0 fully saturated rings. The highest BCUT2D eigenvalue weighted by Gasteiger charge is 2.16. The van der Waals surface area contributed by atoms with Crippen LogP contribution in [0.3, 0.4) is 0 Å². The predicted octanol–water partition coefficient (Wildman–Crippen LogP) is 1.44. The number of aromatic nitrogens is 1. The zero-order chi connectivity index (χ0) is 13.5. The molecule has 1 heterocycles. The van der Waals surface area contributed by atoms with Gasteiger partial charge in [0.15, 0.2) is 5.84 Å². The monoisotopic (exact) mass is 314 g/mol. The third-order valence-electron chi connectivity index (χ3n) is 2.21. The molecule has 0 saturated carbocycles. The molecule has 0 bridgehead atoms. The highest BCUT2D eigenvalue weighted by molar-refractivity contribution is 9.10. The number of halogens is 1. The summed E-state index contributed by atoms with van der Waals surface area (Å²) in [7, 11) is 0. The summed E-state index contributed by atoms with van der Waals surface area (Å²) in [5.41, 5.74) is 5.89. The number of amides is 1. The van der Waals surface area contributed by atoms with Crippen LogP contribution in [0.1, 0.15) is 23.7 Å². The minimum Gasteiger partial charge on any atom is -0.409 e. The summed E-state index contributed by atoms with van der Waals surface area (Å²) in [6, 6.07) is 1.68. The first-order valence-corrected chi connectivity index (χ1v) is 6.24. The van der Waals surface area contributed by atoms with Gasteiger partial charge in [-0.1, -0.05) is 12.1 Å². The van der Waals surface area contributed by atoms with E-state index < -0.39 is 0 Å². The lowest BCUT2D eigenvalue weighted by molar-refractivity contribution is 0.0777. The highest BCUT2D eigenvalue weighted by atomic mass is 79.9.